The standard InChI is InChI=1S/C19H20N6/c1-2-6-15(7-3-1)8-9-18-22-19(24-23-18)17(25-10-4-5-11-25)12-16-13-20-14-21-16/h1-7,10-11,13-14,17H,8-9,12H2,(H,20,21)(H,22,23,24)/t17-/m1/s1. The van der Waals surface area contributed by atoms with Gasteiger partial charge in [-0.1, -0.05) is 30.3 Å². The molecule has 4 aromatic rings. The van der Waals surface area contributed by atoms with Crippen LogP contribution in [0.15, 0.2) is 67.4 Å². The van der Waals surface area contributed by atoms with Crippen LogP contribution in [0.25, 0.3) is 0 Å². The number of aromatic amines is 2. The zero-order valence-corrected chi connectivity index (χ0v) is 13.8. The van der Waals surface area contributed by atoms with Crippen molar-refractivity contribution >= 4 is 0 Å². The van der Waals surface area contributed by atoms with E-state index in [1.807, 2.05) is 36.8 Å². The van der Waals surface area contributed by atoms with E-state index in [9.17, 15) is 0 Å². The van der Waals surface area contributed by atoms with Gasteiger partial charge in [0, 0.05) is 37.1 Å². The van der Waals surface area contributed by atoms with Gasteiger partial charge in [0.2, 0.25) is 0 Å². The molecule has 0 saturated heterocycles. The smallest absolute Gasteiger partial charge is 0.173 e. The van der Waals surface area contributed by atoms with E-state index in [0.29, 0.717) is 0 Å². The van der Waals surface area contributed by atoms with Gasteiger partial charge in [-0.15, -0.1) is 0 Å². The maximum atomic E-state index is 4.74. The summed E-state index contributed by atoms with van der Waals surface area (Å²) in [6.45, 7) is 0. The molecular weight excluding hydrogens is 312 g/mol. The topological polar surface area (TPSA) is 75.2 Å². The first-order valence-corrected chi connectivity index (χ1v) is 8.43. The molecule has 0 aliphatic rings. The quantitative estimate of drug-likeness (QED) is 0.546. The van der Waals surface area contributed by atoms with Crippen LogP contribution in [0.5, 0.6) is 0 Å². The lowest BCUT2D eigenvalue weighted by Crippen LogP contribution is -2.14. The molecule has 3 heterocycles. The summed E-state index contributed by atoms with van der Waals surface area (Å²) in [5, 5.41) is 7.57. The molecule has 0 aliphatic carbocycles. The number of aromatic nitrogens is 6. The van der Waals surface area contributed by atoms with Gasteiger partial charge in [-0.2, -0.15) is 5.10 Å². The average Bonchev–Trinajstić information content (AvgIpc) is 3.41. The second-order valence-electron chi connectivity index (χ2n) is 6.05. The van der Waals surface area contributed by atoms with Gasteiger partial charge in [-0.25, -0.2) is 9.97 Å². The fraction of sp³-hybridized carbons (Fsp3) is 0.211. The summed E-state index contributed by atoms with van der Waals surface area (Å²) in [4.78, 5) is 12.0. The summed E-state index contributed by atoms with van der Waals surface area (Å²) in [7, 11) is 0. The molecule has 1 aromatic carbocycles. The van der Waals surface area contributed by atoms with E-state index in [1.165, 1.54) is 5.56 Å². The Bertz CT molecular complexity index is 877. The molecule has 0 radical (unpaired) electrons. The van der Waals surface area contributed by atoms with E-state index in [-0.39, 0.29) is 6.04 Å². The van der Waals surface area contributed by atoms with Gasteiger partial charge in [-0.05, 0) is 24.1 Å². The Morgan fingerprint density at radius 3 is 2.60 bits per heavy atom. The predicted molar refractivity (Wildman–Crippen MR) is 95.1 cm³/mol. The van der Waals surface area contributed by atoms with E-state index < -0.39 is 0 Å². The number of nitrogens with one attached hydrogen (secondary N) is 2. The number of hydrogen-bond acceptors (Lipinski definition) is 3. The highest BCUT2D eigenvalue weighted by molar-refractivity contribution is 5.16. The summed E-state index contributed by atoms with van der Waals surface area (Å²) < 4.78 is 2.13. The van der Waals surface area contributed by atoms with Gasteiger partial charge in [0.05, 0.1) is 6.33 Å². The van der Waals surface area contributed by atoms with Crippen LogP contribution in [0.3, 0.4) is 0 Å². The van der Waals surface area contributed by atoms with Crippen molar-refractivity contribution in [3.8, 4) is 0 Å². The molecule has 4 rings (SSSR count). The predicted octanol–water partition coefficient (Wildman–Crippen LogP) is 2.95. The van der Waals surface area contributed by atoms with Crippen LogP contribution in [0, 0.1) is 0 Å². The first kappa shape index (κ1) is 15.4. The summed E-state index contributed by atoms with van der Waals surface area (Å²) in [5.41, 5.74) is 2.37. The number of imidazole rings is 1. The molecule has 0 fully saturated rings. The van der Waals surface area contributed by atoms with Crippen molar-refractivity contribution in [1.82, 2.24) is 29.7 Å². The molecule has 0 unspecified atom stereocenters. The van der Waals surface area contributed by atoms with Gasteiger partial charge >= 0.3 is 0 Å². The third-order valence-corrected chi connectivity index (χ3v) is 4.30. The highest BCUT2D eigenvalue weighted by atomic mass is 15.2. The Hall–Kier alpha value is -3.15. The second kappa shape index (κ2) is 7.17. The summed E-state index contributed by atoms with van der Waals surface area (Å²) >= 11 is 0. The third-order valence-electron chi connectivity index (χ3n) is 4.30. The number of nitrogens with zero attached hydrogens (tertiary/aromatic N) is 4. The zero-order valence-electron chi connectivity index (χ0n) is 13.8. The Kier molecular flexibility index (Phi) is 4.41. The summed E-state index contributed by atoms with van der Waals surface area (Å²) in [6.07, 6.45) is 10.2. The number of hydrogen-bond donors (Lipinski definition) is 2. The average molecular weight is 332 g/mol. The van der Waals surface area contributed by atoms with Crippen molar-refractivity contribution in [1.29, 1.82) is 0 Å². The molecule has 0 spiro atoms. The lowest BCUT2D eigenvalue weighted by atomic mass is 10.1. The molecule has 0 amide bonds. The van der Waals surface area contributed by atoms with Crippen molar-refractivity contribution in [3.05, 3.63) is 90.3 Å². The minimum Gasteiger partial charge on any atom is -0.348 e. The maximum Gasteiger partial charge on any atom is 0.173 e. The van der Waals surface area contributed by atoms with E-state index in [1.54, 1.807) is 6.33 Å². The van der Waals surface area contributed by atoms with Crippen molar-refractivity contribution in [2.75, 3.05) is 0 Å². The minimum atomic E-state index is 0.0391. The van der Waals surface area contributed by atoms with Gasteiger partial charge in [0.25, 0.3) is 0 Å². The molecular formula is C19H20N6. The largest absolute Gasteiger partial charge is 0.348 e. The van der Waals surface area contributed by atoms with Crippen molar-refractivity contribution < 1.29 is 0 Å². The highest BCUT2D eigenvalue weighted by Crippen LogP contribution is 2.20. The van der Waals surface area contributed by atoms with Gasteiger partial charge < -0.3 is 9.55 Å². The van der Waals surface area contributed by atoms with Crippen LogP contribution < -0.4 is 0 Å². The molecule has 2 N–H and O–H groups in total. The van der Waals surface area contributed by atoms with Gasteiger partial charge in [0.15, 0.2) is 5.82 Å². The van der Waals surface area contributed by atoms with E-state index in [0.717, 1.165) is 36.6 Å². The van der Waals surface area contributed by atoms with Gasteiger partial charge in [-0.3, -0.25) is 5.10 Å². The lowest BCUT2D eigenvalue weighted by Gasteiger charge is -2.14. The first-order chi connectivity index (χ1) is 12.4. The Morgan fingerprint density at radius 2 is 1.84 bits per heavy atom. The van der Waals surface area contributed by atoms with Gasteiger partial charge in [0.1, 0.15) is 11.9 Å². The number of H-pyrrole nitrogens is 2. The Morgan fingerprint density at radius 1 is 1.00 bits per heavy atom. The lowest BCUT2D eigenvalue weighted by molar-refractivity contribution is 0.547. The molecule has 3 aromatic heterocycles. The Labute approximate surface area is 146 Å². The van der Waals surface area contributed by atoms with Crippen LogP contribution in [0.1, 0.15) is 28.9 Å². The fourth-order valence-corrected chi connectivity index (χ4v) is 2.97. The molecule has 6 nitrogen and oxygen atoms in total. The second-order valence-corrected chi connectivity index (χ2v) is 6.05. The SMILES string of the molecule is c1ccc(CCc2nc([C@@H](Cc3cnc[nH]3)n3cccc3)n[nH]2)cc1. The van der Waals surface area contributed by atoms with Crippen LogP contribution in [-0.4, -0.2) is 29.7 Å². The number of aryl methyl sites for hydroxylation is 2. The summed E-state index contributed by atoms with van der Waals surface area (Å²) in [5.74, 6) is 1.72. The Balaban J connectivity index is 1.51. The van der Waals surface area contributed by atoms with Crippen LogP contribution in [0.2, 0.25) is 0 Å². The number of benzene rings is 1. The molecule has 126 valence electrons. The number of rotatable bonds is 7. The van der Waals surface area contributed by atoms with Crippen LogP contribution in [0.4, 0.5) is 0 Å². The third kappa shape index (κ3) is 3.68. The molecule has 0 aliphatic heterocycles. The summed E-state index contributed by atoms with van der Waals surface area (Å²) in [6, 6.07) is 14.5. The van der Waals surface area contributed by atoms with E-state index in [2.05, 4.69) is 49.0 Å². The molecule has 0 bridgehead atoms. The molecule has 0 saturated carbocycles. The normalized spacial score (nSPS) is 12.3. The first-order valence-electron chi connectivity index (χ1n) is 8.43. The fourth-order valence-electron chi connectivity index (χ4n) is 2.97. The minimum absolute atomic E-state index is 0.0391. The maximum absolute atomic E-state index is 4.74. The van der Waals surface area contributed by atoms with E-state index in [4.69, 9.17) is 4.98 Å². The monoisotopic (exact) mass is 332 g/mol. The molecule has 6 heteroatoms. The van der Waals surface area contributed by atoms with Crippen molar-refractivity contribution in [2.45, 2.75) is 25.3 Å². The highest BCUT2D eigenvalue weighted by Gasteiger charge is 2.19. The molecule has 1 atom stereocenters. The zero-order chi connectivity index (χ0) is 16.9. The van der Waals surface area contributed by atoms with Crippen LogP contribution >= 0.6 is 0 Å². The van der Waals surface area contributed by atoms with Crippen LogP contribution in [-0.2, 0) is 19.3 Å². The van der Waals surface area contributed by atoms with E-state index >= 15 is 0 Å². The van der Waals surface area contributed by atoms with Crippen molar-refractivity contribution in [3.63, 3.8) is 0 Å². The molecule has 25 heavy (non-hydrogen) atoms. The van der Waals surface area contributed by atoms with Crippen molar-refractivity contribution in [2.24, 2.45) is 0 Å².